The number of carbonyl (C=O) groups is 2. The van der Waals surface area contributed by atoms with Crippen LogP contribution in [0.3, 0.4) is 0 Å². The molecule has 202 valence electrons. The van der Waals surface area contributed by atoms with Crippen LogP contribution in [0.4, 0.5) is 10.2 Å². The Hall–Kier alpha value is -4.51. The minimum atomic E-state index is -3.71. The highest BCUT2D eigenvalue weighted by atomic mass is 32.2. The SMILES string of the molecule is Nc1noc2ccc(Cn3c(C(=O)CS(=O)(=O)C4CC4)c(C4=CC=CCC4=O)c4c5occc5c(F)cc43)cc12. The van der Waals surface area contributed by atoms with E-state index >= 15 is 4.39 Å². The van der Waals surface area contributed by atoms with Gasteiger partial charge >= 0.3 is 0 Å². The molecule has 0 spiro atoms. The predicted molar refractivity (Wildman–Crippen MR) is 147 cm³/mol. The first kappa shape index (κ1) is 24.5. The van der Waals surface area contributed by atoms with Gasteiger partial charge in [-0.2, -0.15) is 0 Å². The highest BCUT2D eigenvalue weighted by molar-refractivity contribution is 7.93. The molecule has 2 aliphatic rings. The van der Waals surface area contributed by atoms with Crippen molar-refractivity contribution in [3.8, 4) is 0 Å². The summed E-state index contributed by atoms with van der Waals surface area (Å²) in [5, 5.41) is 4.35. The molecule has 0 amide bonds. The van der Waals surface area contributed by atoms with Gasteiger partial charge in [0, 0.05) is 24.1 Å². The molecule has 0 aliphatic heterocycles. The second-order valence-corrected chi connectivity index (χ2v) is 12.5. The third-order valence-electron chi connectivity index (χ3n) is 7.52. The van der Waals surface area contributed by atoms with Crippen molar-refractivity contribution in [3.05, 3.63) is 77.5 Å². The molecule has 0 saturated heterocycles. The first-order chi connectivity index (χ1) is 19.2. The largest absolute Gasteiger partial charge is 0.463 e. The van der Waals surface area contributed by atoms with Gasteiger partial charge in [-0.1, -0.05) is 29.5 Å². The number of sulfone groups is 1. The van der Waals surface area contributed by atoms with Crippen molar-refractivity contribution in [2.75, 3.05) is 11.5 Å². The molecule has 1 saturated carbocycles. The highest BCUT2D eigenvalue weighted by Crippen LogP contribution is 2.41. The number of furan rings is 1. The summed E-state index contributed by atoms with van der Waals surface area (Å²) in [6, 6.07) is 7.95. The van der Waals surface area contributed by atoms with E-state index < -0.39 is 32.4 Å². The number of rotatable bonds is 7. The molecule has 40 heavy (non-hydrogen) atoms. The minimum absolute atomic E-state index is 0.0100. The lowest BCUT2D eigenvalue weighted by atomic mass is 9.92. The topological polar surface area (TPSA) is 138 Å². The normalized spacial score (nSPS) is 15.9. The van der Waals surface area contributed by atoms with Crippen molar-refractivity contribution >= 4 is 65.6 Å². The van der Waals surface area contributed by atoms with Crippen LogP contribution in [-0.2, 0) is 21.2 Å². The van der Waals surface area contributed by atoms with Crippen molar-refractivity contribution in [2.45, 2.75) is 31.1 Å². The smallest absolute Gasteiger partial charge is 0.194 e. The van der Waals surface area contributed by atoms with E-state index in [9.17, 15) is 18.0 Å². The minimum Gasteiger partial charge on any atom is -0.463 e. The molecule has 0 atom stereocenters. The number of benzene rings is 2. The molecule has 7 rings (SSSR count). The third kappa shape index (κ3) is 3.80. The summed E-state index contributed by atoms with van der Waals surface area (Å²) >= 11 is 0. The van der Waals surface area contributed by atoms with Gasteiger partial charge in [-0.25, -0.2) is 12.8 Å². The van der Waals surface area contributed by atoms with Crippen LogP contribution in [0.5, 0.6) is 0 Å². The number of nitrogens with zero attached hydrogens (tertiary/aromatic N) is 2. The maximum Gasteiger partial charge on any atom is 0.194 e. The quantitative estimate of drug-likeness (QED) is 0.276. The fourth-order valence-corrected chi connectivity index (χ4v) is 7.06. The Morgan fingerprint density at radius 3 is 2.77 bits per heavy atom. The van der Waals surface area contributed by atoms with Gasteiger partial charge in [0.15, 0.2) is 32.8 Å². The molecule has 2 N–H and O–H groups in total. The molecular formula is C29H22FN3O6S. The molecule has 0 radical (unpaired) electrons. The molecule has 5 aromatic rings. The number of anilines is 1. The zero-order valence-corrected chi connectivity index (χ0v) is 21.8. The van der Waals surface area contributed by atoms with Gasteiger partial charge in [0.2, 0.25) is 0 Å². The van der Waals surface area contributed by atoms with E-state index in [4.69, 9.17) is 14.7 Å². The van der Waals surface area contributed by atoms with Crippen LogP contribution in [0, 0.1) is 5.82 Å². The van der Waals surface area contributed by atoms with Crippen LogP contribution in [0.1, 0.15) is 40.9 Å². The Labute approximate surface area is 226 Å². The Bertz CT molecular complexity index is 2070. The number of nitrogens with two attached hydrogens (primary N) is 1. The number of hydrogen-bond donors (Lipinski definition) is 1. The van der Waals surface area contributed by atoms with Crippen LogP contribution in [0.2, 0.25) is 0 Å². The van der Waals surface area contributed by atoms with Gasteiger partial charge in [0.1, 0.15) is 17.2 Å². The average Bonchev–Trinajstić information content (AvgIpc) is 3.46. The van der Waals surface area contributed by atoms with Crippen molar-refractivity contribution in [1.82, 2.24) is 9.72 Å². The molecule has 11 heteroatoms. The van der Waals surface area contributed by atoms with E-state index in [1.165, 1.54) is 18.4 Å². The van der Waals surface area contributed by atoms with Crippen molar-refractivity contribution in [2.24, 2.45) is 0 Å². The van der Waals surface area contributed by atoms with Crippen LogP contribution in [0.25, 0.3) is 38.4 Å². The van der Waals surface area contributed by atoms with E-state index in [2.05, 4.69) is 5.16 Å². The number of ketones is 2. The number of hydrogen-bond acceptors (Lipinski definition) is 8. The Balaban J connectivity index is 1.54. The molecule has 9 nitrogen and oxygen atoms in total. The molecule has 3 aromatic heterocycles. The zero-order valence-electron chi connectivity index (χ0n) is 21.0. The van der Waals surface area contributed by atoms with Crippen LogP contribution in [0.15, 0.2) is 63.8 Å². The second-order valence-electron chi connectivity index (χ2n) is 10.2. The van der Waals surface area contributed by atoms with E-state index in [-0.39, 0.29) is 52.4 Å². The van der Waals surface area contributed by atoms with E-state index in [1.54, 1.807) is 41.0 Å². The Morgan fingerprint density at radius 1 is 1.18 bits per heavy atom. The molecule has 0 bridgehead atoms. The van der Waals surface area contributed by atoms with Gasteiger partial charge in [-0.15, -0.1) is 0 Å². The maximum absolute atomic E-state index is 15.3. The summed E-state index contributed by atoms with van der Waals surface area (Å²) in [5.41, 5.74) is 8.05. The molecule has 1 fully saturated rings. The first-order valence-corrected chi connectivity index (χ1v) is 14.5. The zero-order chi connectivity index (χ0) is 27.8. The number of aromatic nitrogens is 2. The van der Waals surface area contributed by atoms with Crippen molar-refractivity contribution < 1.29 is 31.3 Å². The summed E-state index contributed by atoms with van der Waals surface area (Å²) in [6.07, 6.45) is 7.48. The van der Waals surface area contributed by atoms with Gasteiger partial charge in [0.05, 0.1) is 38.9 Å². The number of fused-ring (bicyclic) bond motifs is 4. The van der Waals surface area contributed by atoms with Crippen molar-refractivity contribution in [1.29, 1.82) is 0 Å². The lowest BCUT2D eigenvalue weighted by molar-refractivity contribution is -0.113. The van der Waals surface area contributed by atoms with Gasteiger partial charge < -0.3 is 19.2 Å². The molecular weight excluding hydrogens is 537 g/mol. The predicted octanol–water partition coefficient (Wildman–Crippen LogP) is 4.97. The summed E-state index contributed by atoms with van der Waals surface area (Å²) in [4.78, 5) is 27.2. The van der Waals surface area contributed by atoms with E-state index in [0.29, 0.717) is 40.3 Å². The van der Waals surface area contributed by atoms with Gasteiger partial charge in [-0.05, 0) is 42.7 Å². The van der Waals surface area contributed by atoms with Crippen molar-refractivity contribution in [3.63, 3.8) is 0 Å². The molecule has 2 aromatic carbocycles. The monoisotopic (exact) mass is 559 g/mol. The second kappa shape index (κ2) is 8.75. The summed E-state index contributed by atoms with van der Waals surface area (Å²) in [5.74, 6) is -2.03. The molecule has 0 unspecified atom stereocenters. The van der Waals surface area contributed by atoms with Gasteiger partial charge in [-0.3, -0.25) is 9.59 Å². The van der Waals surface area contributed by atoms with E-state index in [1.807, 2.05) is 0 Å². The standard InChI is InChI=1S/C29H22FN3O6S/c30-20-12-21-26(28-17(20)9-10-38-28)25(18-3-1-2-4-22(18)34)27(23(35)14-40(36,37)16-6-7-16)33(21)13-15-5-8-24-19(11-15)29(31)32-39-24/h1-3,5,8-12,16H,4,6-7,13-14H2,(H2,31,32). The maximum atomic E-state index is 15.3. The van der Waals surface area contributed by atoms with Crippen LogP contribution in [-0.4, -0.2) is 40.7 Å². The average molecular weight is 560 g/mol. The lowest BCUT2D eigenvalue weighted by Gasteiger charge is -2.14. The van der Waals surface area contributed by atoms with Crippen LogP contribution >= 0.6 is 0 Å². The molecule has 3 heterocycles. The summed E-state index contributed by atoms with van der Waals surface area (Å²) in [6.45, 7) is 0.0462. The fraction of sp³-hybridized carbons (Fsp3) is 0.207. The van der Waals surface area contributed by atoms with Gasteiger partial charge in [0.25, 0.3) is 0 Å². The Kier molecular flexibility index (Phi) is 5.36. The third-order valence-corrected chi connectivity index (χ3v) is 9.67. The number of nitrogen functional groups attached to an aromatic ring is 1. The number of allylic oxidation sites excluding steroid dienone is 4. The number of carbonyl (C=O) groups excluding carboxylic acids is 2. The number of Topliss-reactive ketones (excluding diaryl/α,β-unsaturated/α-hetero) is 2. The summed E-state index contributed by atoms with van der Waals surface area (Å²) in [7, 11) is -3.71. The molecule has 2 aliphatic carbocycles. The highest BCUT2D eigenvalue weighted by Gasteiger charge is 2.39. The number of halogens is 1. The first-order valence-electron chi connectivity index (χ1n) is 12.7. The summed E-state index contributed by atoms with van der Waals surface area (Å²) < 4.78 is 53.8. The Morgan fingerprint density at radius 2 is 2.00 bits per heavy atom. The fourth-order valence-electron chi connectivity index (χ4n) is 5.47. The van der Waals surface area contributed by atoms with Crippen LogP contribution < -0.4 is 5.73 Å². The lowest BCUT2D eigenvalue weighted by Crippen LogP contribution is -2.23. The van der Waals surface area contributed by atoms with E-state index in [0.717, 1.165) is 0 Å².